The van der Waals surface area contributed by atoms with Crippen LogP contribution in [0.5, 0.6) is 0 Å². The lowest BCUT2D eigenvalue weighted by Crippen LogP contribution is -2.33. The van der Waals surface area contributed by atoms with Gasteiger partial charge < -0.3 is 4.74 Å². The highest BCUT2D eigenvalue weighted by molar-refractivity contribution is 9.09. The summed E-state index contributed by atoms with van der Waals surface area (Å²) >= 11 is 3.63. The molecule has 1 aromatic rings. The van der Waals surface area contributed by atoms with Crippen LogP contribution in [0.3, 0.4) is 0 Å². The van der Waals surface area contributed by atoms with E-state index in [2.05, 4.69) is 15.9 Å². The van der Waals surface area contributed by atoms with Crippen LogP contribution < -0.4 is 0 Å². The fourth-order valence-electron chi connectivity index (χ4n) is 2.42. The molecular weight excluding hydrogens is 283 g/mol. The van der Waals surface area contributed by atoms with Crippen molar-refractivity contribution < 1.29 is 9.13 Å². The van der Waals surface area contributed by atoms with Gasteiger partial charge in [-0.05, 0) is 54.9 Å². The summed E-state index contributed by atoms with van der Waals surface area (Å²) in [6.07, 6.45) is 3.16. The second-order valence-corrected chi connectivity index (χ2v) is 5.55. The van der Waals surface area contributed by atoms with E-state index in [0.29, 0.717) is 0 Å². The zero-order valence-electron chi connectivity index (χ0n) is 10.1. The predicted octanol–water partition coefficient (Wildman–Crippen LogP) is 3.87. The summed E-state index contributed by atoms with van der Waals surface area (Å²) in [7, 11) is 0. The Kier molecular flexibility index (Phi) is 4.21. The van der Waals surface area contributed by atoms with Gasteiger partial charge in [-0.3, -0.25) is 0 Å². The third-order valence-corrected chi connectivity index (χ3v) is 4.90. The Labute approximate surface area is 110 Å². The Morgan fingerprint density at radius 3 is 2.65 bits per heavy atom. The summed E-state index contributed by atoms with van der Waals surface area (Å²) in [4.78, 5) is 0. The highest BCUT2D eigenvalue weighted by atomic mass is 79.9. The van der Waals surface area contributed by atoms with E-state index in [0.717, 1.165) is 43.4 Å². The summed E-state index contributed by atoms with van der Waals surface area (Å²) in [5.74, 6) is -0.147. The first-order chi connectivity index (χ1) is 8.15. The van der Waals surface area contributed by atoms with Crippen molar-refractivity contribution in [3.05, 3.63) is 35.1 Å². The quantitative estimate of drug-likeness (QED) is 0.770. The lowest BCUT2D eigenvalue weighted by atomic mass is 9.76. The summed E-state index contributed by atoms with van der Waals surface area (Å²) in [5.41, 5.74) is 2.59. The van der Waals surface area contributed by atoms with Gasteiger partial charge in [0.1, 0.15) is 5.82 Å². The highest BCUT2D eigenvalue weighted by Crippen LogP contribution is 2.36. The molecule has 0 saturated carbocycles. The summed E-state index contributed by atoms with van der Waals surface area (Å²) in [5, 5.41) is 0.986. The van der Waals surface area contributed by atoms with Crippen molar-refractivity contribution in [3.8, 4) is 0 Å². The average Bonchev–Trinajstić information content (AvgIpc) is 2.34. The zero-order chi connectivity index (χ0) is 12.3. The van der Waals surface area contributed by atoms with Crippen LogP contribution >= 0.6 is 15.9 Å². The molecule has 1 fully saturated rings. The Hall–Kier alpha value is -0.410. The molecule has 1 saturated heterocycles. The van der Waals surface area contributed by atoms with Crippen molar-refractivity contribution in [1.29, 1.82) is 0 Å². The van der Waals surface area contributed by atoms with E-state index >= 15 is 0 Å². The molecule has 0 atom stereocenters. The van der Waals surface area contributed by atoms with Gasteiger partial charge in [0.05, 0.1) is 0 Å². The molecule has 3 heteroatoms. The van der Waals surface area contributed by atoms with Gasteiger partial charge in [-0.15, -0.1) is 0 Å². The van der Waals surface area contributed by atoms with Gasteiger partial charge in [0.25, 0.3) is 0 Å². The van der Waals surface area contributed by atoms with Gasteiger partial charge >= 0.3 is 0 Å². The van der Waals surface area contributed by atoms with E-state index in [1.54, 1.807) is 12.1 Å². The molecular formula is C14H18BrFO. The van der Waals surface area contributed by atoms with Crippen molar-refractivity contribution in [1.82, 2.24) is 0 Å². The topological polar surface area (TPSA) is 9.23 Å². The molecule has 1 heterocycles. The standard InChI is InChI=1S/C14H18BrFO/c1-11-8-13(16)3-2-12(11)9-14(10-15)4-6-17-7-5-14/h2-3,8H,4-7,9-10H2,1H3. The summed E-state index contributed by atoms with van der Waals surface area (Å²) < 4.78 is 18.5. The monoisotopic (exact) mass is 300 g/mol. The van der Waals surface area contributed by atoms with Crippen molar-refractivity contribution in [2.24, 2.45) is 5.41 Å². The maximum absolute atomic E-state index is 13.1. The van der Waals surface area contributed by atoms with Crippen LogP contribution in [-0.2, 0) is 11.2 Å². The molecule has 2 rings (SSSR count). The van der Waals surface area contributed by atoms with Crippen LogP contribution in [0.25, 0.3) is 0 Å². The number of aryl methyl sites for hydroxylation is 1. The molecule has 1 aromatic carbocycles. The summed E-state index contributed by atoms with van der Waals surface area (Å²) in [6, 6.07) is 5.10. The van der Waals surface area contributed by atoms with Crippen LogP contribution in [0.4, 0.5) is 4.39 Å². The number of benzene rings is 1. The van der Waals surface area contributed by atoms with Crippen LogP contribution in [0.15, 0.2) is 18.2 Å². The minimum Gasteiger partial charge on any atom is -0.381 e. The third-order valence-electron chi connectivity index (χ3n) is 3.71. The number of alkyl halides is 1. The first-order valence-corrected chi connectivity index (χ1v) is 7.16. The van der Waals surface area contributed by atoms with Gasteiger partial charge in [-0.25, -0.2) is 4.39 Å². The maximum Gasteiger partial charge on any atom is 0.123 e. The fraction of sp³-hybridized carbons (Fsp3) is 0.571. The van der Waals surface area contributed by atoms with E-state index in [1.807, 2.05) is 13.0 Å². The third kappa shape index (κ3) is 3.08. The SMILES string of the molecule is Cc1cc(F)ccc1CC1(CBr)CCOCC1. The molecule has 0 spiro atoms. The first-order valence-electron chi connectivity index (χ1n) is 6.04. The fourth-order valence-corrected chi connectivity index (χ4v) is 3.18. The van der Waals surface area contributed by atoms with Crippen LogP contribution in [-0.4, -0.2) is 18.5 Å². The molecule has 0 unspecified atom stereocenters. The van der Waals surface area contributed by atoms with Crippen molar-refractivity contribution >= 4 is 15.9 Å². The molecule has 0 amide bonds. The number of hydrogen-bond donors (Lipinski definition) is 0. The van der Waals surface area contributed by atoms with Crippen LogP contribution in [0.2, 0.25) is 0 Å². The summed E-state index contributed by atoms with van der Waals surface area (Å²) in [6.45, 7) is 3.66. The number of rotatable bonds is 3. The second-order valence-electron chi connectivity index (χ2n) is 4.99. The zero-order valence-corrected chi connectivity index (χ0v) is 11.7. The van der Waals surface area contributed by atoms with E-state index in [9.17, 15) is 4.39 Å². The highest BCUT2D eigenvalue weighted by Gasteiger charge is 2.32. The molecule has 0 N–H and O–H groups in total. The van der Waals surface area contributed by atoms with E-state index < -0.39 is 0 Å². The number of ether oxygens (including phenoxy) is 1. The molecule has 0 radical (unpaired) electrons. The Morgan fingerprint density at radius 2 is 2.06 bits per heavy atom. The first kappa shape index (κ1) is 13.0. The second kappa shape index (κ2) is 5.49. The van der Waals surface area contributed by atoms with Crippen molar-refractivity contribution in [2.75, 3.05) is 18.5 Å². The van der Waals surface area contributed by atoms with Crippen LogP contribution in [0, 0.1) is 18.2 Å². The van der Waals surface area contributed by atoms with E-state index in [4.69, 9.17) is 4.74 Å². The average molecular weight is 301 g/mol. The minimum atomic E-state index is -0.147. The van der Waals surface area contributed by atoms with Gasteiger partial charge in [-0.1, -0.05) is 22.0 Å². The van der Waals surface area contributed by atoms with Crippen molar-refractivity contribution in [2.45, 2.75) is 26.2 Å². The van der Waals surface area contributed by atoms with Crippen LogP contribution in [0.1, 0.15) is 24.0 Å². The smallest absolute Gasteiger partial charge is 0.123 e. The molecule has 0 bridgehead atoms. The molecule has 1 aliphatic rings. The minimum absolute atomic E-state index is 0.147. The molecule has 0 aliphatic carbocycles. The molecule has 1 nitrogen and oxygen atoms in total. The largest absolute Gasteiger partial charge is 0.381 e. The van der Waals surface area contributed by atoms with Gasteiger partial charge in [0.2, 0.25) is 0 Å². The number of hydrogen-bond acceptors (Lipinski definition) is 1. The van der Waals surface area contributed by atoms with E-state index in [-0.39, 0.29) is 11.2 Å². The van der Waals surface area contributed by atoms with Gasteiger partial charge in [-0.2, -0.15) is 0 Å². The van der Waals surface area contributed by atoms with Gasteiger partial charge in [0.15, 0.2) is 0 Å². The Balaban J connectivity index is 2.17. The number of halogens is 2. The van der Waals surface area contributed by atoms with E-state index in [1.165, 1.54) is 5.56 Å². The normalized spacial score (nSPS) is 19.2. The molecule has 94 valence electrons. The van der Waals surface area contributed by atoms with Gasteiger partial charge in [0, 0.05) is 18.5 Å². The Bertz CT molecular complexity index is 386. The lowest BCUT2D eigenvalue weighted by Gasteiger charge is -2.36. The Morgan fingerprint density at radius 1 is 1.35 bits per heavy atom. The lowest BCUT2D eigenvalue weighted by molar-refractivity contribution is 0.0269. The molecule has 17 heavy (non-hydrogen) atoms. The maximum atomic E-state index is 13.1. The molecule has 0 aromatic heterocycles. The van der Waals surface area contributed by atoms with Crippen molar-refractivity contribution in [3.63, 3.8) is 0 Å². The molecule has 1 aliphatic heterocycles. The predicted molar refractivity (Wildman–Crippen MR) is 71.1 cm³/mol.